The lowest BCUT2D eigenvalue weighted by atomic mass is 9.85. The van der Waals surface area contributed by atoms with Gasteiger partial charge in [0.15, 0.2) is 0 Å². The molecule has 0 bridgehead atoms. The van der Waals surface area contributed by atoms with E-state index in [4.69, 9.17) is 14.2 Å². The molecule has 2 atom stereocenters. The molecule has 1 N–H and O–H groups in total. The Hall–Kier alpha value is -2.30. The van der Waals surface area contributed by atoms with Crippen molar-refractivity contribution in [1.82, 2.24) is 0 Å². The van der Waals surface area contributed by atoms with Crippen LogP contribution in [0.3, 0.4) is 0 Å². The van der Waals surface area contributed by atoms with Crippen LogP contribution in [0, 0.1) is 0 Å². The first-order valence-electron chi connectivity index (χ1n) is 10.4. The summed E-state index contributed by atoms with van der Waals surface area (Å²) in [6.45, 7) is 10.5. The van der Waals surface area contributed by atoms with Gasteiger partial charge in [-0.05, 0) is 23.5 Å². The molecule has 3 aromatic rings. The van der Waals surface area contributed by atoms with E-state index >= 15 is 0 Å². The monoisotopic (exact) mass is 394 g/mol. The quantitative estimate of drug-likeness (QED) is 0.420. The van der Waals surface area contributed by atoms with Gasteiger partial charge >= 0.3 is 0 Å². The molecule has 0 saturated carbocycles. The van der Waals surface area contributed by atoms with Gasteiger partial charge in [0, 0.05) is 21.5 Å². The fourth-order valence-corrected chi connectivity index (χ4v) is 3.61. The Morgan fingerprint density at radius 2 is 1.76 bits per heavy atom. The smallest absolute Gasteiger partial charge is 0.135 e. The molecule has 1 fully saturated rings. The van der Waals surface area contributed by atoms with Crippen LogP contribution in [0.4, 0.5) is 0 Å². The minimum atomic E-state index is -0.000672. The van der Waals surface area contributed by atoms with E-state index in [1.165, 1.54) is 5.56 Å². The zero-order valence-electron chi connectivity index (χ0n) is 17.7. The molecule has 2 unspecified atom stereocenters. The van der Waals surface area contributed by atoms with Crippen LogP contribution in [0.1, 0.15) is 39.7 Å². The Balaban J connectivity index is 1.74. The summed E-state index contributed by atoms with van der Waals surface area (Å²) in [5.74, 6) is 1.11. The standard InChI is InChI=1S/C25H30O4/c1-5-17(27-14-18-15-28-18)13-29-24-20-9-7-6-8-19(20)23(26)22-12-16(25(2,3)4)10-11-21(22)24/h6-12,17-18,26H,5,13-15H2,1-4H3. The van der Waals surface area contributed by atoms with E-state index in [0.29, 0.717) is 19.0 Å². The maximum absolute atomic E-state index is 11.0. The maximum atomic E-state index is 11.0. The van der Waals surface area contributed by atoms with Gasteiger partial charge in [-0.1, -0.05) is 64.1 Å². The first-order valence-corrected chi connectivity index (χ1v) is 10.4. The highest BCUT2D eigenvalue weighted by molar-refractivity contribution is 6.11. The van der Waals surface area contributed by atoms with Crippen molar-refractivity contribution in [3.05, 3.63) is 48.0 Å². The number of fused-ring (bicyclic) bond motifs is 2. The fourth-order valence-electron chi connectivity index (χ4n) is 3.61. The van der Waals surface area contributed by atoms with Crippen molar-refractivity contribution in [2.24, 2.45) is 0 Å². The second-order valence-corrected chi connectivity index (χ2v) is 8.86. The molecule has 0 aromatic heterocycles. The van der Waals surface area contributed by atoms with E-state index in [9.17, 15) is 5.11 Å². The number of rotatable bonds is 7. The molecule has 4 rings (SSSR count). The third-order valence-electron chi connectivity index (χ3n) is 5.60. The lowest BCUT2D eigenvalue weighted by molar-refractivity contribution is 0.0114. The molecule has 4 heteroatoms. The summed E-state index contributed by atoms with van der Waals surface area (Å²) in [6, 6.07) is 14.1. The predicted octanol–water partition coefficient (Wildman–Crippen LogP) is 5.57. The summed E-state index contributed by atoms with van der Waals surface area (Å²) < 4.78 is 17.5. The molecule has 29 heavy (non-hydrogen) atoms. The topological polar surface area (TPSA) is 51.2 Å². The number of phenols is 1. The highest BCUT2D eigenvalue weighted by Gasteiger charge is 2.24. The third-order valence-corrected chi connectivity index (χ3v) is 5.60. The van der Waals surface area contributed by atoms with E-state index in [0.717, 1.165) is 40.3 Å². The summed E-state index contributed by atoms with van der Waals surface area (Å²) in [5.41, 5.74) is 1.18. The van der Waals surface area contributed by atoms with E-state index in [1.54, 1.807) is 0 Å². The lowest BCUT2D eigenvalue weighted by Gasteiger charge is -2.22. The summed E-state index contributed by atoms with van der Waals surface area (Å²) in [7, 11) is 0. The number of hydrogen-bond donors (Lipinski definition) is 1. The van der Waals surface area contributed by atoms with Gasteiger partial charge < -0.3 is 19.3 Å². The molecule has 0 spiro atoms. The zero-order chi connectivity index (χ0) is 20.6. The zero-order valence-corrected chi connectivity index (χ0v) is 17.7. The Labute approximate surface area is 172 Å². The van der Waals surface area contributed by atoms with Crippen molar-refractivity contribution in [3.63, 3.8) is 0 Å². The van der Waals surface area contributed by atoms with Gasteiger partial charge in [-0.25, -0.2) is 0 Å². The van der Waals surface area contributed by atoms with Crippen LogP contribution in [-0.2, 0) is 14.9 Å². The summed E-state index contributed by atoms with van der Waals surface area (Å²) >= 11 is 0. The SMILES string of the molecule is CCC(COc1c2ccccc2c(O)c2cc(C(C)(C)C)ccc12)OCC1CO1. The number of hydrogen-bond acceptors (Lipinski definition) is 4. The molecule has 4 nitrogen and oxygen atoms in total. The molecular formula is C25H30O4. The van der Waals surface area contributed by atoms with Gasteiger partial charge in [0.05, 0.1) is 19.3 Å². The van der Waals surface area contributed by atoms with Crippen molar-refractivity contribution in [1.29, 1.82) is 0 Å². The van der Waals surface area contributed by atoms with E-state index in [-0.39, 0.29) is 17.6 Å². The minimum absolute atomic E-state index is 0.000672. The van der Waals surface area contributed by atoms with Gasteiger partial charge in [0.2, 0.25) is 0 Å². The number of ether oxygens (including phenoxy) is 3. The van der Waals surface area contributed by atoms with Crippen LogP contribution in [0.15, 0.2) is 42.5 Å². The molecule has 0 radical (unpaired) electrons. The molecule has 1 aliphatic heterocycles. The Morgan fingerprint density at radius 3 is 2.41 bits per heavy atom. The second kappa shape index (κ2) is 7.85. The number of epoxide rings is 1. The van der Waals surface area contributed by atoms with Gasteiger partial charge in [-0.2, -0.15) is 0 Å². The molecule has 3 aromatic carbocycles. The molecular weight excluding hydrogens is 364 g/mol. The van der Waals surface area contributed by atoms with Crippen molar-refractivity contribution in [2.45, 2.75) is 51.7 Å². The van der Waals surface area contributed by atoms with Crippen molar-refractivity contribution >= 4 is 21.5 Å². The van der Waals surface area contributed by atoms with Crippen molar-refractivity contribution in [3.8, 4) is 11.5 Å². The average molecular weight is 395 g/mol. The predicted molar refractivity (Wildman–Crippen MR) is 117 cm³/mol. The van der Waals surface area contributed by atoms with Crippen LogP contribution < -0.4 is 4.74 Å². The summed E-state index contributed by atoms with van der Waals surface area (Å²) in [6.07, 6.45) is 1.13. The van der Waals surface area contributed by atoms with Crippen LogP contribution >= 0.6 is 0 Å². The molecule has 1 heterocycles. The molecule has 1 saturated heterocycles. The van der Waals surface area contributed by atoms with Crippen molar-refractivity contribution in [2.75, 3.05) is 19.8 Å². The van der Waals surface area contributed by atoms with Crippen molar-refractivity contribution < 1.29 is 19.3 Å². The first kappa shape index (κ1) is 20.0. The Morgan fingerprint density at radius 1 is 1.07 bits per heavy atom. The van der Waals surface area contributed by atoms with Gasteiger partial charge in [-0.15, -0.1) is 0 Å². The van der Waals surface area contributed by atoms with Gasteiger partial charge in [-0.3, -0.25) is 0 Å². The van der Waals surface area contributed by atoms with Crippen LogP contribution in [0.5, 0.6) is 11.5 Å². The average Bonchev–Trinajstić information content (AvgIpc) is 3.53. The van der Waals surface area contributed by atoms with Gasteiger partial charge in [0.1, 0.15) is 24.2 Å². The first-order chi connectivity index (χ1) is 13.9. The second-order valence-electron chi connectivity index (χ2n) is 8.86. The van der Waals surface area contributed by atoms with Crippen LogP contribution in [-0.4, -0.2) is 37.1 Å². The van der Waals surface area contributed by atoms with E-state index in [1.807, 2.05) is 24.3 Å². The molecule has 1 aliphatic rings. The molecule has 0 aliphatic carbocycles. The Bertz CT molecular complexity index is 1010. The largest absolute Gasteiger partial charge is 0.507 e. The van der Waals surface area contributed by atoms with Crippen LogP contribution in [0.2, 0.25) is 0 Å². The van der Waals surface area contributed by atoms with Crippen LogP contribution in [0.25, 0.3) is 21.5 Å². The highest BCUT2D eigenvalue weighted by atomic mass is 16.6. The Kier molecular flexibility index (Phi) is 5.41. The number of phenolic OH excluding ortho intramolecular Hbond substituents is 1. The number of aromatic hydroxyl groups is 1. The maximum Gasteiger partial charge on any atom is 0.135 e. The molecule has 154 valence electrons. The van der Waals surface area contributed by atoms with E-state index < -0.39 is 0 Å². The molecule has 0 amide bonds. The van der Waals surface area contributed by atoms with E-state index in [2.05, 4.69) is 45.9 Å². The van der Waals surface area contributed by atoms with Gasteiger partial charge in [0.25, 0.3) is 0 Å². The normalized spacial score (nSPS) is 17.6. The number of benzene rings is 3. The third kappa shape index (κ3) is 4.19. The highest BCUT2D eigenvalue weighted by Crippen LogP contribution is 2.43. The lowest BCUT2D eigenvalue weighted by Crippen LogP contribution is -2.23. The fraction of sp³-hybridized carbons (Fsp3) is 0.440. The summed E-state index contributed by atoms with van der Waals surface area (Å²) in [4.78, 5) is 0. The minimum Gasteiger partial charge on any atom is -0.507 e. The summed E-state index contributed by atoms with van der Waals surface area (Å²) in [5, 5.41) is 14.5.